The Morgan fingerprint density at radius 1 is 1.04 bits per heavy atom. The number of amides is 5. The molecule has 14 nitrogen and oxygen atoms in total. The Morgan fingerprint density at radius 2 is 1.80 bits per heavy atom. The lowest BCUT2D eigenvalue weighted by molar-refractivity contribution is -0.141. The van der Waals surface area contributed by atoms with Gasteiger partial charge in [0.15, 0.2) is 0 Å². The van der Waals surface area contributed by atoms with Crippen LogP contribution in [0.5, 0.6) is 0 Å². The molecule has 0 unspecified atom stereocenters. The summed E-state index contributed by atoms with van der Waals surface area (Å²) in [6.45, 7) is 4.85. The summed E-state index contributed by atoms with van der Waals surface area (Å²) in [7, 11) is -4.35. The lowest BCUT2D eigenvalue weighted by Crippen LogP contribution is -2.58. The van der Waals surface area contributed by atoms with Crippen molar-refractivity contribution < 1.29 is 50.6 Å². The number of nitrogens with zero attached hydrogens (tertiary/aromatic N) is 2. The van der Waals surface area contributed by atoms with E-state index in [-0.39, 0.29) is 44.5 Å². The van der Waals surface area contributed by atoms with Gasteiger partial charge in [-0.05, 0) is 75.8 Å². The molecule has 1 saturated carbocycles. The molecule has 2 aromatic carbocycles. The van der Waals surface area contributed by atoms with Crippen molar-refractivity contribution in [2.24, 2.45) is 5.92 Å². The van der Waals surface area contributed by atoms with Crippen molar-refractivity contribution in [3.63, 3.8) is 0 Å². The van der Waals surface area contributed by atoms with E-state index in [0.29, 0.717) is 36.8 Å². The van der Waals surface area contributed by atoms with E-state index >= 15 is 0 Å². The van der Waals surface area contributed by atoms with Gasteiger partial charge < -0.3 is 25.0 Å². The van der Waals surface area contributed by atoms with Crippen molar-refractivity contribution in [1.82, 2.24) is 25.2 Å². The molecule has 0 bridgehead atoms. The van der Waals surface area contributed by atoms with Gasteiger partial charge in [-0.2, -0.15) is 0 Å². The van der Waals surface area contributed by atoms with E-state index in [1.807, 2.05) is 6.08 Å². The normalized spacial score (nSPS) is 26.0. The van der Waals surface area contributed by atoms with Crippen LogP contribution in [0.3, 0.4) is 0 Å². The number of halogens is 2. The molecular formula is C39H47F2N5O9S. The van der Waals surface area contributed by atoms with E-state index in [0.717, 1.165) is 12.1 Å². The van der Waals surface area contributed by atoms with Crippen molar-refractivity contribution in [3.05, 3.63) is 82.9 Å². The predicted octanol–water partition coefficient (Wildman–Crippen LogP) is 4.32. The van der Waals surface area contributed by atoms with E-state index in [9.17, 15) is 41.2 Å². The molecule has 3 aliphatic heterocycles. The molecule has 17 heteroatoms. The second kappa shape index (κ2) is 16.2. The zero-order valence-corrected chi connectivity index (χ0v) is 32.3. The molecule has 0 spiro atoms. The molecule has 1 aliphatic carbocycles. The highest BCUT2D eigenvalue weighted by Crippen LogP contribution is 2.46. The summed E-state index contributed by atoms with van der Waals surface area (Å²) in [4.78, 5) is 71.3. The molecule has 5 atom stereocenters. The van der Waals surface area contributed by atoms with E-state index in [1.165, 1.54) is 28.0 Å². The monoisotopic (exact) mass is 799 g/mol. The Hall–Kier alpha value is -5.06. The van der Waals surface area contributed by atoms with Crippen molar-refractivity contribution >= 4 is 39.9 Å². The van der Waals surface area contributed by atoms with Gasteiger partial charge in [0, 0.05) is 24.4 Å². The van der Waals surface area contributed by atoms with E-state index in [4.69, 9.17) is 9.47 Å². The second-order valence-corrected chi connectivity index (χ2v) is 17.6. The predicted molar refractivity (Wildman–Crippen MR) is 198 cm³/mol. The van der Waals surface area contributed by atoms with Crippen LogP contribution in [0.15, 0.2) is 54.6 Å². The third-order valence-electron chi connectivity index (χ3n) is 10.3. The van der Waals surface area contributed by atoms with Crippen LogP contribution in [0.4, 0.5) is 18.4 Å². The highest BCUT2D eigenvalue weighted by atomic mass is 32.2. The maximum absolute atomic E-state index is 14.5. The quantitative estimate of drug-likeness (QED) is 0.359. The van der Waals surface area contributed by atoms with E-state index in [2.05, 4.69) is 15.4 Å². The van der Waals surface area contributed by atoms with Gasteiger partial charge in [0.1, 0.15) is 41.0 Å². The van der Waals surface area contributed by atoms with Crippen LogP contribution in [-0.2, 0) is 52.7 Å². The Bertz CT molecular complexity index is 2020. The minimum absolute atomic E-state index is 0.0311. The Balaban J connectivity index is 1.25. The van der Waals surface area contributed by atoms with Crippen LogP contribution < -0.4 is 15.4 Å². The van der Waals surface area contributed by atoms with Gasteiger partial charge in [-0.1, -0.05) is 49.3 Å². The molecule has 2 aromatic rings. The lowest BCUT2D eigenvalue weighted by Gasteiger charge is -2.30. The number of rotatable bonds is 6. The number of carbonyl (C=O) groups excluding carboxylic acids is 5. The van der Waals surface area contributed by atoms with Gasteiger partial charge in [0.25, 0.3) is 5.91 Å². The average molecular weight is 800 g/mol. The van der Waals surface area contributed by atoms with Crippen LogP contribution in [0.1, 0.15) is 82.4 Å². The molecule has 5 amide bonds. The molecule has 0 radical (unpaired) electrons. The minimum Gasteiger partial charge on any atom is -0.444 e. The fourth-order valence-electron chi connectivity index (χ4n) is 7.46. The van der Waals surface area contributed by atoms with Gasteiger partial charge in [0.05, 0.1) is 18.8 Å². The molecule has 4 aliphatic rings. The zero-order chi connectivity index (χ0) is 40.4. The number of sulfonamides is 1. The topological polar surface area (TPSA) is 181 Å². The van der Waals surface area contributed by atoms with Crippen LogP contribution in [0, 0.1) is 17.6 Å². The first-order valence-electron chi connectivity index (χ1n) is 18.7. The number of benzene rings is 2. The summed E-state index contributed by atoms with van der Waals surface area (Å²) in [5.41, 5.74) is -1.47. The van der Waals surface area contributed by atoms with Gasteiger partial charge in [-0.25, -0.2) is 26.8 Å². The highest BCUT2D eigenvalue weighted by molar-refractivity contribution is 7.89. The average Bonchev–Trinajstić information content (AvgIpc) is 3.40. The SMILES string of the molecule is CC(C)(C)OC(=O)N[C@H]1CCCCC/C=C\[C@@H]2C[C@@]2(C(=O)NS(=O)(=O)Cc2cccc(F)c2)NC(=O)[C@@H]2C[C@@H](OC(=O)N3Cc4cccc(F)c4C3)CN2C1=O. The highest BCUT2D eigenvalue weighted by Gasteiger charge is 2.61. The van der Waals surface area contributed by atoms with Crippen molar-refractivity contribution in [3.8, 4) is 0 Å². The van der Waals surface area contributed by atoms with Gasteiger partial charge in [-0.3, -0.25) is 24.0 Å². The maximum Gasteiger partial charge on any atom is 0.410 e. The van der Waals surface area contributed by atoms with Crippen LogP contribution >= 0.6 is 0 Å². The first kappa shape index (κ1) is 40.6. The van der Waals surface area contributed by atoms with Crippen molar-refractivity contribution in [1.29, 1.82) is 0 Å². The van der Waals surface area contributed by atoms with E-state index < -0.39 is 92.6 Å². The fourth-order valence-corrected chi connectivity index (χ4v) is 8.61. The molecule has 1 saturated heterocycles. The maximum atomic E-state index is 14.5. The van der Waals surface area contributed by atoms with Crippen LogP contribution in [0.2, 0.25) is 0 Å². The number of allylic oxidation sites excluding steroid dienone is 1. The largest absolute Gasteiger partial charge is 0.444 e. The Kier molecular flexibility index (Phi) is 11.7. The third kappa shape index (κ3) is 9.65. The first-order valence-corrected chi connectivity index (χ1v) is 20.4. The molecule has 3 heterocycles. The van der Waals surface area contributed by atoms with Crippen molar-refractivity contribution in [2.75, 3.05) is 6.54 Å². The first-order chi connectivity index (χ1) is 26.4. The van der Waals surface area contributed by atoms with Crippen LogP contribution in [0.25, 0.3) is 0 Å². The summed E-state index contributed by atoms with van der Waals surface area (Å²) in [6, 6.07) is 7.07. The van der Waals surface area contributed by atoms with Crippen molar-refractivity contribution in [2.45, 2.75) is 114 Å². The summed E-state index contributed by atoms with van der Waals surface area (Å²) in [6.07, 6.45) is 3.60. The molecule has 0 aromatic heterocycles. The molecule has 3 N–H and O–H groups in total. The van der Waals surface area contributed by atoms with Gasteiger partial charge >= 0.3 is 12.2 Å². The lowest BCUT2D eigenvalue weighted by atomic mass is 10.0. The Morgan fingerprint density at radius 3 is 2.54 bits per heavy atom. The number of hydrogen-bond acceptors (Lipinski definition) is 9. The smallest absolute Gasteiger partial charge is 0.410 e. The third-order valence-corrected chi connectivity index (χ3v) is 11.5. The van der Waals surface area contributed by atoms with Gasteiger partial charge in [0.2, 0.25) is 21.8 Å². The summed E-state index contributed by atoms with van der Waals surface area (Å²) in [5.74, 6) is -4.81. The number of fused-ring (bicyclic) bond motifs is 3. The summed E-state index contributed by atoms with van der Waals surface area (Å²) < 4.78 is 67.8. The number of nitrogens with one attached hydrogen (secondary N) is 3. The number of alkyl carbamates (subject to hydrolysis) is 1. The van der Waals surface area contributed by atoms with Crippen LogP contribution in [-0.4, -0.2) is 84.0 Å². The standard InChI is InChI=1S/C39H47F2N5O9S/c1-38(2,3)55-36(50)42-31-16-8-6-4-5-7-13-26-19-39(26,35(49)44-56(52,53)23-24-11-9-14-27(40)17-24)43-33(47)32-18-28(21-46(32)34(31)48)54-37(51)45-20-25-12-10-15-30(41)29(25)22-45/h7,9-15,17,26,28,31-32H,4-6,8,16,18-23H2,1-3H3,(H,42,50)(H,43,47)(H,44,49)/b13-7-/t26-,28-,31+,32+,39-/m1/s1. The zero-order valence-electron chi connectivity index (χ0n) is 31.5. The summed E-state index contributed by atoms with van der Waals surface area (Å²) in [5, 5.41) is 5.38. The molecule has 6 rings (SSSR count). The minimum atomic E-state index is -4.35. The number of ether oxygens (including phenoxy) is 2. The second-order valence-electron chi connectivity index (χ2n) is 15.8. The molecule has 2 fully saturated rings. The molecular weight excluding hydrogens is 753 g/mol. The van der Waals surface area contributed by atoms with E-state index in [1.54, 1.807) is 39.0 Å². The van der Waals surface area contributed by atoms with Gasteiger partial charge in [-0.15, -0.1) is 0 Å². The molecule has 56 heavy (non-hydrogen) atoms. The Labute approximate surface area is 324 Å². The number of hydrogen-bond donors (Lipinski definition) is 3. The fraction of sp³-hybridized carbons (Fsp3) is 0.513. The summed E-state index contributed by atoms with van der Waals surface area (Å²) >= 11 is 0. The molecule has 302 valence electrons. The number of carbonyl (C=O) groups is 5.